The van der Waals surface area contributed by atoms with Crippen LogP contribution in [0.2, 0.25) is 0 Å². The van der Waals surface area contributed by atoms with Gasteiger partial charge in [-0.3, -0.25) is 4.79 Å². The molecule has 1 saturated carbocycles. The summed E-state index contributed by atoms with van der Waals surface area (Å²) in [6.45, 7) is 4.01. The number of amides is 1. The van der Waals surface area contributed by atoms with Crippen LogP contribution in [0.15, 0.2) is 18.3 Å². The van der Waals surface area contributed by atoms with Gasteiger partial charge in [0.15, 0.2) is 5.82 Å². The Bertz CT molecular complexity index is 930. The third-order valence-electron chi connectivity index (χ3n) is 6.01. The van der Waals surface area contributed by atoms with Gasteiger partial charge in [0.2, 0.25) is 11.9 Å². The number of nitrogens with zero attached hydrogens (tertiary/aromatic N) is 6. The van der Waals surface area contributed by atoms with Gasteiger partial charge in [-0.25, -0.2) is 4.98 Å². The van der Waals surface area contributed by atoms with Crippen LogP contribution >= 0.6 is 0 Å². The molecule has 2 N–H and O–H groups in total. The van der Waals surface area contributed by atoms with Crippen LogP contribution < -0.4 is 15.4 Å². The molecule has 10 nitrogen and oxygen atoms in total. The smallest absolute Gasteiger partial charge is 0.322 e. The standard InChI is InChI=1S/C22H31N7O3/c1-14-13-31-11-10-29(14)21-25-19(16-6-9-18(23)24-12-16)26-22(27-21)32-17-7-4-15(5-8-17)20(30)28(2)3/h6,9,12,14-15,17H,4-5,7-8,10-11,13H2,1-3H3,(H2,23,24)/t14-,15?,17?/m0/s1. The molecule has 3 heterocycles. The summed E-state index contributed by atoms with van der Waals surface area (Å²) in [6.07, 6.45) is 4.80. The van der Waals surface area contributed by atoms with E-state index in [-0.39, 0.29) is 24.0 Å². The number of hydrogen-bond donors (Lipinski definition) is 1. The van der Waals surface area contributed by atoms with Crippen molar-refractivity contribution in [3.05, 3.63) is 18.3 Å². The lowest BCUT2D eigenvalue weighted by Crippen LogP contribution is -2.44. The average Bonchev–Trinajstić information content (AvgIpc) is 2.79. The number of nitrogens with two attached hydrogens (primary N) is 1. The van der Waals surface area contributed by atoms with E-state index in [1.54, 1.807) is 31.3 Å². The van der Waals surface area contributed by atoms with E-state index in [2.05, 4.69) is 26.8 Å². The van der Waals surface area contributed by atoms with Crippen LogP contribution in [0.25, 0.3) is 11.4 Å². The Morgan fingerprint density at radius 3 is 2.62 bits per heavy atom. The molecule has 0 spiro atoms. The molecule has 1 aliphatic heterocycles. The number of aromatic nitrogens is 4. The Morgan fingerprint density at radius 2 is 1.97 bits per heavy atom. The van der Waals surface area contributed by atoms with Gasteiger partial charge in [0.25, 0.3) is 0 Å². The second-order valence-corrected chi connectivity index (χ2v) is 8.65. The first-order valence-corrected chi connectivity index (χ1v) is 11.1. The molecule has 32 heavy (non-hydrogen) atoms. The lowest BCUT2D eigenvalue weighted by molar-refractivity contribution is -0.134. The quantitative estimate of drug-likeness (QED) is 0.740. The van der Waals surface area contributed by atoms with Gasteiger partial charge in [-0.2, -0.15) is 15.0 Å². The molecule has 2 aromatic heterocycles. The molecule has 1 saturated heterocycles. The molecule has 2 aromatic rings. The number of carbonyl (C=O) groups excluding carboxylic acids is 1. The highest BCUT2D eigenvalue weighted by atomic mass is 16.5. The zero-order chi connectivity index (χ0) is 22.7. The first-order valence-electron chi connectivity index (χ1n) is 11.1. The molecule has 2 aliphatic rings. The molecule has 0 bridgehead atoms. The predicted molar refractivity (Wildman–Crippen MR) is 120 cm³/mol. The second-order valence-electron chi connectivity index (χ2n) is 8.65. The van der Waals surface area contributed by atoms with Crippen molar-refractivity contribution in [2.75, 3.05) is 44.5 Å². The minimum absolute atomic E-state index is 0.0315. The molecular weight excluding hydrogens is 410 g/mol. The SMILES string of the molecule is C[C@H]1COCCN1c1nc(OC2CCC(C(=O)N(C)C)CC2)nc(-c2ccc(N)nc2)n1. The van der Waals surface area contributed by atoms with E-state index in [9.17, 15) is 4.79 Å². The van der Waals surface area contributed by atoms with Crippen molar-refractivity contribution in [3.8, 4) is 17.4 Å². The Labute approximate surface area is 188 Å². The van der Waals surface area contributed by atoms with Crippen LogP contribution in [-0.2, 0) is 9.53 Å². The van der Waals surface area contributed by atoms with Crippen molar-refractivity contribution >= 4 is 17.7 Å². The lowest BCUT2D eigenvalue weighted by Gasteiger charge is -2.33. The zero-order valence-electron chi connectivity index (χ0n) is 18.9. The number of carbonyl (C=O) groups is 1. The summed E-state index contributed by atoms with van der Waals surface area (Å²) in [5.74, 6) is 1.74. The van der Waals surface area contributed by atoms with Gasteiger partial charge in [-0.05, 0) is 44.7 Å². The fourth-order valence-corrected chi connectivity index (χ4v) is 4.16. The highest BCUT2D eigenvalue weighted by molar-refractivity contribution is 5.78. The van der Waals surface area contributed by atoms with Crippen molar-refractivity contribution < 1.29 is 14.3 Å². The van der Waals surface area contributed by atoms with Crippen molar-refractivity contribution in [1.29, 1.82) is 0 Å². The molecule has 10 heteroatoms. The van der Waals surface area contributed by atoms with Crippen LogP contribution in [0.1, 0.15) is 32.6 Å². The van der Waals surface area contributed by atoms with Gasteiger partial charge >= 0.3 is 6.01 Å². The van der Waals surface area contributed by atoms with Gasteiger partial charge in [0.05, 0.1) is 19.3 Å². The number of pyridine rings is 1. The van der Waals surface area contributed by atoms with Crippen molar-refractivity contribution in [1.82, 2.24) is 24.8 Å². The van der Waals surface area contributed by atoms with E-state index in [1.165, 1.54) is 0 Å². The largest absolute Gasteiger partial charge is 0.460 e. The zero-order valence-corrected chi connectivity index (χ0v) is 18.9. The van der Waals surface area contributed by atoms with E-state index in [0.717, 1.165) is 31.2 Å². The number of hydrogen-bond acceptors (Lipinski definition) is 9. The number of ether oxygens (including phenoxy) is 2. The van der Waals surface area contributed by atoms with Gasteiger partial charge in [0.1, 0.15) is 11.9 Å². The monoisotopic (exact) mass is 441 g/mol. The molecule has 1 aliphatic carbocycles. The summed E-state index contributed by atoms with van der Waals surface area (Å²) < 4.78 is 11.8. The molecule has 0 radical (unpaired) electrons. The highest BCUT2D eigenvalue weighted by Crippen LogP contribution is 2.29. The number of anilines is 2. The van der Waals surface area contributed by atoms with Gasteiger partial charge in [-0.1, -0.05) is 0 Å². The molecule has 1 amide bonds. The van der Waals surface area contributed by atoms with Gasteiger partial charge in [-0.15, -0.1) is 0 Å². The molecule has 172 valence electrons. The molecule has 4 rings (SSSR count). The summed E-state index contributed by atoms with van der Waals surface area (Å²) in [6, 6.07) is 4.00. The maximum atomic E-state index is 12.3. The third kappa shape index (κ3) is 5.07. The predicted octanol–water partition coefficient (Wildman–Crippen LogP) is 1.77. The second kappa shape index (κ2) is 9.64. The fraction of sp³-hybridized carbons (Fsp3) is 0.591. The van der Waals surface area contributed by atoms with Crippen molar-refractivity contribution in [2.45, 2.75) is 44.8 Å². The normalized spacial score (nSPS) is 23.6. The van der Waals surface area contributed by atoms with Gasteiger partial charge in [0, 0.05) is 38.3 Å². The fourth-order valence-electron chi connectivity index (χ4n) is 4.16. The minimum Gasteiger partial charge on any atom is -0.460 e. The van der Waals surface area contributed by atoms with E-state index < -0.39 is 0 Å². The highest BCUT2D eigenvalue weighted by Gasteiger charge is 2.29. The summed E-state index contributed by atoms with van der Waals surface area (Å²) in [5.41, 5.74) is 6.48. The van der Waals surface area contributed by atoms with Crippen LogP contribution in [0.5, 0.6) is 6.01 Å². The summed E-state index contributed by atoms with van der Waals surface area (Å²) in [5, 5.41) is 0. The average molecular weight is 442 g/mol. The molecule has 2 fully saturated rings. The van der Waals surface area contributed by atoms with Crippen LogP contribution in [0.4, 0.5) is 11.8 Å². The molecular formula is C22H31N7O3. The maximum absolute atomic E-state index is 12.3. The molecule has 0 aromatic carbocycles. The molecule has 0 unspecified atom stereocenters. The van der Waals surface area contributed by atoms with E-state index in [0.29, 0.717) is 43.4 Å². The van der Waals surface area contributed by atoms with E-state index in [1.807, 2.05) is 6.07 Å². The summed E-state index contributed by atoms with van der Waals surface area (Å²) in [7, 11) is 3.61. The van der Waals surface area contributed by atoms with Crippen LogP contribution in [0, 0.1) is 5.92 Å². The topological polar surface area (TPSA) is 120 Å². The minimum atomic E-state index is -0.0315. The Kier molecular flexibility index (Phi) is 6.69. The van der Waals surface area contributed by atoms with Crippen molar-refractivity contribution in [3.63, 3.8) is 0 Å². The summed E-state index contributed by atoms with van der Waals surface area (Å²) in [4.78, 5) is 34.1. The third-order valence-corrected chi connectivity index (χ3v) is 6.01. The summed E-state index contributed by atoms with van der Waals surface area (Å²) >= 11 is 0. The molecule has 1 atom stereocenters. The lowest BCUT2D eigenvalue weighted by atomic mass is 9.86. The van der Waals surface area contributed by atoms with Gasteiger partial charge < -0.3 is 25.0 Å². The maximum Gasteiger partial charge on any atom is 0.322 e. The number of nitrogen functional groups attached to an aromatic ring is 1. The first-order chi connectivity index (χ1) is 15.4. The van der Waals surface area contributed by atoms with Crippen LogP contribution in [0.3, 0.4) is 0 Å². The number of rotatable bonds is 5. The number of morpholine rings is 1. The van der Waals surface area contributed by atoms with Crippen LogP contribution in [-0.4, -0.2) is 76.7 Å². The van der Waals surface area contributed by atoms with E-state index >= 15 is 0 Å². The van der Waals surface area contributed by atoms with E-state index in [4.69, 9.17) is 20.2 Å². The Balaban J connectivity index is 1.55. The first kappa shape index (κ1) is 22.2. The van der Waals surface area contributed by atoms with Crippen molar-refractivity contribution in [2.24, 2.45) is 5.92 Å². The Hall–Kier alpha value is -3.01. The Morgan fingerprint density at radius 1 is 1.19 bits per heavy atom.